The number of hydrogen-bond acceptors (Lipinski definition) is 2. The second kappa shape index (κ2) is 5.13. The van der Waals surface area contributed by atoms with Crippen molar-refractivity contribution in [3.8, 4) is 0 Å². The van der Waals surface area contributed by atoms with Gasteiger partial charge in [0.05, 0.1) is 0 Å². The van der Waals surface area contributed by atoms with Gasteiger partial charge in [0, 0.05) is 11.3 Å². The molecule has 0 saturated heterocycles. The van der Waals surface area contributed by atoms with E-state index in [0.717, 1.165) is 19.0 Å². The summed E-state index contributed by atoms with van der Waals surface area (Å²) in [4.78, 5) is 2.31. The Kier molecular flexibility index (Phi) is 5.26. The summed E-state index contributed by atoms with van der Waals surface area (Å²) in [6, 6.07) is 0. The van der Waals surface area contributed by atoms with Crippen molar-refractivity contribution in [2.75, 3.05) is 20.1 Å². The van der Waals surface area contributed by atoms with Gasteiger partial charge >= 0.3 is 0 Å². The number of nitrogens with zero attached hydrogens (tertiary/aromatic N) is 1. The van der Waals surface area contributed by atoms with Gasteiger partial charge in [0.25, 0.3) is 0 Å². The molecular weight excluding hydrogens is 166 g/mol. The Balaban J connectivity index is 3.85. The van der Waals surface area contributed by atoms with Crippen molar-refractivity contribution in [1.82, 2.24) is 4.90 Å². The van der Waals surface area contributed by atoms with Gasteiger partial charge in [-0.3, -0.25) is 0 Å². The molecule has 0 fully saturated rings. The van der Waals surface area contributed by atoms with Gasteiger partial charge in [-0.05, 0) is 32.9 Å². The van der Waals surface area contributed by atoms with Crippen molar-refractivity contribution in [1.29, 1.82) is 0 Å². The second-order valence-electron chi connectivity index (χ2n) is 4.43. The zero-order valence-corrected chi connectivity index (χ0v) is 9.99. The van der Waals surface area contributed by atoms with Gasteiger partial charge < -0.3 is 4.90 Å². The molecule has 0 N–H and O–H groups in total. The van der Waals surface area contributed by atoms with Crippen LogP contribution in [0.25, 0.3) is 0 Å². The maximum Gasteiger partial charge on any atom is 0.0231 e. The molecule has 0 aliphatic carbocycles. The lowest BCUT2D eigenvalue weighted by Crippen LogP contribution is -2.35. The third-order valence-corrected chi connectivity index (χ3v) is 2.32. The quantitative estimate of drug-likeness (QED) is 0.651. The van der Waals surface area contributed by atoms with Crippen molar-refractivity contribution < 1.29 is 0 Å². The smallest absolute Gasteiger partial charge is 0.0231 e. The zero-order valence-electron chi connectivity index (χ0n) is 9.09. The van der Waals surface area contributed by atoms with E-state index in [1.54, 1.807) is 0 Å². The first-order chi connectivity index (χ1) is 5.37. The molecule has 0 heterocycles. The van der Waals surface area contributed by atoms with Gasteiger partial charge in [0.1, 0.15) is 0 Å². The van der Waals surface area contributed by atoms with Gasteiger partial charge in [-0.2, -0.15) is 12.6 Å². The van der Waals surface area contributed by atoms with Gasteiger partial charge in [-0.15, -0.1) is 0 Å². The molecule has 0 rings (SSSR count). The predicted octanol–water partition coefficient (Wildman–Crippen LogP) is 2.67. The number of hydrogen-bond donors (Lipinski definition) is 1. The molecule has 0 aromatic rings. The molecule has 0 spiro atoms. The molecule has 0 radical (unpaired) electrons. The van der Waals surface area contributed by atoms with Crippen LogP contribution >= 0.6 is 12.6 Å². The Hall–Kier alpha value is 0.310. The monoisotopic (exact) mass is 189 g/mol. The van der Waals surface area contributed by atoms with Crippen LogP contribution in [-0.2, 0) is 0 Å². The highest BCUT2D eigenvalue weighted by molar-refractivity contribution is 7.81. The molecule has 1 unspecified atom stereocenters. The molecule has 0 bridgehead atoms. The molecule has 1 atom stereocenters. The number of thiol groups is 1. The summed E-state index contributed by atoms with van der Waals surface area (Å²) < 4.78 is 0.166. The molecule has 2 heteroatoms. The zero-order chi connectivity index (χ0) is 9.78. The largest absolute Gasteiger partial charge is 0.305 e. The summed E-state index contributed by atoms with van der Waals surface area (Å²) in [6.07, 6.45) is 1.18. The summed E-state index contributed by atoms with van der Waals surface area (Å²) in [5.41, 5.74) is 0. The predicted molar refractivity (Wildman–Crippen MR) is 60.0 cm³/mol. The van der Waals surface area contributed by atoms with Crippen molar-refractivity contribution in [2.45, 2.75) is 38.9 Å². The first-order valence-corrected chi connectivity index (χ1v) is 5.23. The standard InChI is InChI=1S/C10H23NS/c1-6-11(5)8-10(4,12)7-9(2)3/h9,12H,6-8H2,1-5H3. The van der Waals surface area contributed by atoms with E-state index in [0.29, 0.717) is 0 Å². The van der Waals surface area contributed by atoms with Crippen LogP contribution in [0.15, 0.2) is 0 Å². The minimum absolute atomic E-state index is 0.166. The van der Waals surface area contributed by atoms with Crippen LogP contribution in [0.2, 0.25) is 0 Å². The normalized spacial score (nSPS) is 17.0. The van der Waals surface area contributed by atoms with Crippen LogP contribution < -0.4 is 0 Å². The van der Waals surface area contributed by atoms with E-state index in [-0.39, 0.29) is 4.75 Å². The molecule has 0 aromatic carbocycles. The highest BCUT2D eigenvalue weighted by atomic mass is 32.1. The lowest BCUT2D eigenvalue weighted by molar-refractivity contribution is 0.297. The lowest BCUT2D eigenvalue weighted by Gasteiger charge is -2.30. The van der Waals surface area contributed by atoms with E-state index in [1.165, 1.54) is 6.42 Å². The molecule has 0 saturated carbocycles. The van der Waals surface area contributed by atoms with Crippen LogP contribution in [0, 0.1) is 5.92 Å². The van der Waals surface area contributed by atoms with E-state index >= 15 is 0 Å². The molecular formula is C10H23NS. The third-order valence-electron chi connectivity index (χ3n) is 2.00. The van der Waals surface area contributed by atoms with Gasteiger partial charge in [0.15, 0.2) is 0 Å². The van der Waals surface area contributed by atoms with E-state index in [4.69, 9.17) is 0 Å². The first kappa shape index (κ1) is 12.3. The first-order valence-electron chi connectivity index (χ1n) is 4.78. The Bertz CT molecular complexity index is 121. The summed E-state index contributed by atoms with van der Waals surface area (Å²) >= 11 is 4.68. The van der Waals surface area contributed by atoms with Gasteiger partial charge in [-0.25, -0.2) is 0 Å². The molecule has 1 nitrogen and oxygen atoms in total. The van der Waals surface area contributed by atoms with E-state index in [1.807, 2.05) is 0 Å². The van der Waals surface area contributed by atoms with Crippen LogP contribution in [0.5, 0.6) is 0 Å². The minimum Gasteiger partial charge on any atom is -0.305 e. The highest BCUT2D eigenvalue weighted by Gasteiger charge is 2.21. The van der Waals surface area contributed by atoms with E-state index in [2.05, 4.69) is 52.3 Å². The van der Waals surface area contributed by atoms with Crippen molar-refractivity contribution in [3.63, 3.8) is 0 Å². The molecule has 12 heavy (non-hydrogen) atoms. The third kappa shape index (κ3) is 5.90. The van der Waals surface area contributed by atoms with Gasteiger partial charge in [-0.1, -0.05) is 20.8 Å². The maximum atomic E-state index is 4.68. The summed E-state index contributed by atoms with van der Waals surface area (Å²) in [5.74, 6) is 0.734. The molecule has 0 amide bonds. The lowest BCUT2D eigenvalue weighted by atomic mass is 9.97. The van der Waals surface area contributed by atoms with Crippen molar-refractivity contribution in [2.24, 2.45) is 5.92 Å². The second-order valence-corrected chi connectivity index (χ2v) is 5.50. The molecule has 0 aliphatic heterocycles. The van der Waals surface area contributed by atoms with Crippen molar-refractivity contribution in [3.05, 3.63) is 0 Å². The Labute approximate surface area is 82.9 Å². The Morgan fingerprint density at radius 1 is 1.42 bits per heavy atom. The minimum atomic E-state index is 0.166. The summed E-state index contributed by atoms with van der Waals surface area (Å²) in [7, 11) is 2.15. The average Bonchev–Trinajstić information content (AvgIpc) is 1.83. The average molecular weight is 189 g/mol. The number of rotatable bonds is 5. The SMILES string of the molecule is CCN(C)CC(C)(S)CC(C)C. The fourth-order valence-corrected chi connectivity index (χ4v) is 2.24. The fraction of sp³-hybridized carbons (Fsp3) is 1.00. The maximum absolute atomic E-state index is 4.68. The van der Waals surface area contributed by atoms with Crippen LogP contribution in [0.3, 0.4) is 0 Å². The Morgan fingerprint density at radius 2 is 1.92 bits per heavy atom. The van der Waals surface area contributed by atoms with E-state index in [9.17, 15) is 0 Å². The highest BCUT2D eigenvalue weighted by Crippen LogP contribution is 2.23. The van der Waals surface area contributed by atoms with Crippen LogP contribution in [0.1, 0.15) is 34.1 Å². The fourth-order valence-electron chi connectivity index (χ4n) is 1.64. The Morgan fingerprint density at radius 3 is 2.25 bits per heavy atom. The van der Waals surface area contributed by atoms with Crippen LogP contribution in [0.4, 0.5) is 0 Å². The van der Waals surface area contributed by atoms with Crippen molar-refractivity contribution >= 4 is 12.6 Å². The van der Waals surface area contributed by atoms with E-state index < -0.39 is 0 Å². The van der Waals surface area contributed by atoms with Gasteiger partial charge in [0.2, 0.25) is 0 Å². The molecule has 74 valence electrons. The topological polar surface area (TPSA) is 3.24 Å². The molecule has 0 aliphatic rings. The summed E-state index contributed by atoms with van der Waals surface area (Å²) in [6.45, 7) is 11.1. The van der Waals surface area contributed by atoms with Crippen LogP contribution in [-0.4, -0.2) is 29.8 Å². The molecule has 0 aromatic heterocycles. The summed E-state index contributed by atoms with van der Waals surface area (Å²) in [5, 5.41) is 0.